The minimum absolute atomic E-state index is 0.236. The second-order valence-electron chi connectivity index (χ2n) is 4.02. The zero-order chi connectivity index (χ0) is 13.5. The average molecular weight is 318 g/mol. The molecule has 0 spiro atoms. The summed E-state index contributed by atoms with van der Waals surface area (Å²) >= 11 is 3.29. The Morgan fingerprint density at radius 3 is 2.94 bits per heavy atom. The molecule has 1 unspecified atom stereocenters. The number of nitrogens with one attached hydrogen (secondary N) is 1. The average Bonchev–Trinajstić information content (AvgIpc) is 2.33. The van der Waals surface area contributed by atoms with Crippen molar-refractivity contribution in [3.8, 4) is 0 Å². The molecule has 3 nitrogen and oxygen atoms in total. The Kier molecular flexibility index (Phi) is 6.29. The number of carbonyl (C=O) groups is 1. The topological polar surface area (TPSA) is 38.3 Å². The summed E-state index contributed by atoms with van der Waals surface area (Å²) in [5.74, 6) is -0.727. The van der Waals surface area contributed by atoms with Crippen LogP contribution in [0.5, 0.6) is 0 Å². The Labute approximate surface area is 115 Å². The summed E-state index contributed by atoms with van der Waals surface area (Å²) in [4.78, 5) is 11.4. The number of ether oxygens (including phenoxy) is 1. The van der Waals surface area contributed by atoms with Crippen molar-refractivity contribution in [3.63, 3.8) is 0 Å². The Bertz CT molecular complexity index is 412. The van der Waals surface area contributed by atoms with Gasteiger partial charge in [-0.1, -0.05) is 22.9 Å². The van der Waals surface area contributed by atoms with Crippen molar-refractivity contribution in [2.45, 2.75) is 20.4 Å². The number of carbonyl (C=O) groups excluding carboxylic acids is 1. The van der Waals surface area contributed by atoms with Gasteiger partial charge < -0.3 is 10.1 Å². The molecule has 0 radical (unpaired) electrons. The van der Waals surface area contributed by atoms with Gasteiger partial charge in [-0.3, -0.25) is 4.79 Å². The predicted octanol–water partition coefficient (Wildman–Crippen LogP) is 2.88. The molecule has 1 atom stereocenters. The maximum atomic E-state index is 13.4. The third kappa shape index (κ3) is 4.74. The molecule has 0 aromatic heterocycles. The van der Waals surface area contributed by atoms with Gasteiger partial charge >= 0.3 is 5.97 Å². The number of hydrogen-bond donors (Lipinski definition) is 1. The minimum Gasteiger partial charge on any atom is -0.466 e. The van der Waals surface area contributed by atoms with E-state index in [1.807, 2.05) is 0 Å². The fourth-order valence-corrected chi connectivity index (χ4v) is 1.88. The first-order valence-electron chi connectivity index (χ1n) is 5.85. The van der Waals surface area contributed by atoms with Gasteiger partial charge in [0.1, 0.15) is 5.82 Å². The van der Waals surface area contributed by atoms with Gasteiger partial charge in [0.05, 0.1) is 12.5 Å². The molecule has 5 heteroatoms. The van der Waals surface area contributed by atoms with Crippen molar-refractivity contribution in [2.24, 2.45) is 5.92 Å². The van der Waals surface area contributed by atoms with E-state index in [1.54, 1.807) is 26.0 Å². The van der Waals surface area contributed by atoms with Crippen LogP contribution in [-0.2, 0) is 16.1 Å². The fourth-order valence-electron chi connectivity index (χ4n) is 1.47. The molecule has 1 N–H and O–H groups in total. The third-order valence-corrected chi connectivity index (χ3v) is 2.96. The van der Waals surface area contributed by atoms with Crippen LogP contribution in [0.2, 0.25) is 0 Å². The van der Waals surface area contributed by atoms with Crippen molar-refractivity contribution >= 4 is 21.9 Å². The highest BCUT2D eigenvalue weighted by atomic mass is 79.9. The lowest BCUT2D eigenvalue weighted by atomic mass is 10.1. The van der Waals surface area contributed by atoms with Gasteiger partial charge in [0.2, 0.25) is 0 Å². The number of halogens is 2. The van der Waals surface area contributed by atoms with Crippen molar-refractivity contribution in [2.75, 3.05) is 13.2 Å². The second kappa shape index (κ2) is 7.48. The van der Waals surface area contributed by atoms with Gasteiger partial charge in [-0.15, -0.1) is 0 Å². The highest BCUT2D eigenvalue weighted by Gasteiger charge is 2.13. The number of rotatable bonds is 6. The summed E-state index contributed by atoms with van der Waals surface area (Å²) in [5.41, 5.74) is 0.570. The fraction of sp³-hybridized carbons (Fsp3) is 0.462. The normalized spacial score (nSPS) is 12.2. The minimum atomic E-state index is -0.255. The predicted molar refractivity (Wildman–Crippen MR) is 71.6 cm³/mol. The van der Waals surface area contributed by atoms with Crippen LogP contribution >= 0.6 is 15.9 Å². The zero-order valence-corrected chi connectivity index (χ0v) is 12.1. The number of benzene rings is 1. The lowest BCUT2D eigenvalue weighted by Gasteiger charge is -2.12. The van der Waals surface area contributed by atoms with Gasteiger partial charge in [-0.05, 0) is 25.1 Å². The summed E-state index contributed by atoms with van der Waals surface area (Å²) in [6.45, 7) is 4.78. The SMILES string of the molecule is CCOC(=O)C(C)CNCc1cc(Br)ccc1F. The first-order valence-corrected chi connectivity index (χ1v) is 6.65. The van der Waals surface area contributed by atoms with Crippen LogP contribution < -0.4 is 5.32 Å². The summed E-state index contributed by atoms with van der Waals surface area (Å²) < 4.78 is 19.1. The molecular weight excluding hydrogens is 301 g/mol. The molecule has 1 aromatic rings. The van der Waals surface area contributed by atoms with Crippen LogP contribution in [-0.4, -0.2) is 19.1 Å². The monoisotopic (exact) mass is 317 g/mol. The van der Waals surface area contributed by atoms with Crippen LogP contribution in [0, 0.1) is 11.7 Å². The second-order valence-corrected chi connectivity index (χ2v) is 4.94. The van der Waals surface area contributed by atoms with E-state index in [-0.39, 0.29) is 17.7 Å². The van der Waals surface area contributed by atoms with Crippen molar-refractivity contribution in [3.05, 3.63) is 34.1 Å². The van der Waals surface area contributed by atoms with Gasteiger partial charge in [-0.25, -0.2) is 4.39 Å². The van der Waals surface area contributed by atoms with Crippen molar-refractivity contribution in [1.29, 1.82) is 0 Å². The van der Waals surface area contributed by atoms with Crippen LogP contribution in [0.15, 0.2) is 22.7 Å². The van der Waals surface area contributed by atoms with Crippen molar-refractivity contribution in [1.82, 2.24) is 5.32 Å². The molecule has 0 aliphatic heterocycles. The Balaban J connectivity index is 2.41. The molecule has 1 rings (SSSR count). The Morgan fingerprint density at radius 1 is 1.56 bits per heavy atom. The van der Waals surface area contributed by atoms with E-state index >= 15 is 0 Å². The number of hydrogen-bond acceptors (Lipinski definition) is 3. The van der Waals surface area contributed by atoms with Crippen molar-refractivity contribution < 1.29 is 13.9 Å². The summed E-state index contributed by atoms with van der Waals surface area (Å²) in [6, 6.07) is 4.79. The third-order valence-electron chi connectivity index (χ3n) is 2.46. The smallest absolute Gasteiger partial charge is 0.309 e. The van der Waals surface area contributed by atoms with Crippen LogP contribution in [0.1, 0.15) is 19.4 Å². The van der Waals surface area contributed by atoms with E-state index in [9.17, 15) is 9.18 Å². The molecule has 100 valence electrons. The summed E-state index contributed by atoms with van der Waals surface area (Å²) in [5, 5.41) is 3.05. The van der Waals surface area contributed by atoms with Crippen LogP contribution in [0.3, 0.4) is 0 Å². The zero-order valence-electron chi connectivity index (χ0n) is 10.5. The Hall–Kier alpha value is -0.940. The maximum absolute atomic E-state index is 13.4. The van der Waals surface area contributed by atoms with Gasteiger partial charge in [0, 0.05) is 23.1 Å². The quantitative estimate of drug-likeness (QED) is 0.820. The summed E-state index contributed by atoms with van der Waals surface area (Å²) in [7, 11) is 0. The van der Waals surface area contributed by atoms with E-state index in [1.165, 1.54) is 6.07 Å². The van der Waals surface area contributed by atoms with E-state index in [2.05, 4.69) is 21.2 Å². The highest BCUT2D eigenvalue weighted by molar-refractivity contribution is 9.10. The van der Waals surface area contributed by atoms with Gasteiger partial charge in [-0.2, -0.15) is 0 Å². The standard InChI is InChI=1S/C13H17BrFNO2/c1-3-18-13(17)9(2)7-16-8-10-6-11(14)4-5-12(10)15/h4-6,9,16H,3,7-8H2,1-2H3. The molecule has 0 fully saturated rings. The van der Waals surface area contributed by atoms with E-state index in [0.717, 1.165) is 4.47 Å². The van der Waals surface area contributed by atoms with E-state index in [0.29, 0.717) is 25.3 Å². The van der Waals surface area contributed by atoms with Gasteiger partial charge in [0.25, 0.3) is 0 Å². The molecule has 0 saturated heterocycles. The molecule has 18 heavy (non-hydrogen) atoms. The van der Waals surface area contributed by atoms with Gasteiger partial charge in [0.15, 0.2) is 0 Å². The number of esters is 1. The molecule has 0 bridgehead atoms. The summed E-state index contributed by atoms with van der Waals surface area (Å²) in [6.07, 6.45) is 0. The molecule has 0 saturated carbocycles. The van der Waals surface area contributed by atoms with E-state index < -0.39 is 0 Å². The molecule has 0 aliphatic rings. The highest BCUT2D eigenvalue weighted by Crippen LogP contribution is 2.15. The molecule has 1 aromatic carbocycles. The first kappa shape index (κ1) is 15.1. The molecule has 0 heterocycles. The van der Waals surface area contributed by atoms with Crippen LogP contribution in [0.25, 0.3) is 0 Å². The first-order chi connectivity index (χ1) is 8.54. The molecule has 0 amide bonds. The lowest BCUT2D eigenvalue weighted by molar-refractivity contribution is -0.147. The lowest BCUT2D eigenvalue weighted by Crippen LogP contribution is -2.27. The van der Waals surface area contributed by atoms with E-state index in [4.69, 9.17) is 4.74 Å². The Morgan fingerprint density at radius 2 is 2.28 bits per heavy atom. The van der Waals surface area contributed by atoms with Crippen LogP contribution in [0.4, 0.5) is 4.39 Å². The largest absolute Gasteiger partial charge is 0.466 e. The molecular formula is C13H17BrFNO2. The maximum Gasteiger partial charge on any atom is 0.309 e. The molecule has 0 aliphatic carbocycles.